The zero-order valence-electron chi connectivity index (χ0n) is 12.8. The van der Waals surface area contributed by atoms with Crippen molar-refractivity contribution in [3.05, 3.63) is 53.3 Å². The molecule has 0 fully saturated rings. The first-order chi connectivity index (χ1) is 11.4. The second-order valence-corrected chi connectivity index (χ2v) is 6.93. The van der Waals surface area contributed by atoms with Gasteiger partial charge in [-0.3, -0.25) is 9.78 Å². The van der Waals surface area contributed by atoms with Crippen molar-refractivity contribution in [1.82, 2.24) is 15.0 Å². The van der Waals surface area contributed by atoms with Crippen LogP contribution in [-0.4, -0.2) is 33.0 Å². The van der Waals surface area contributed by atoms with E-state index < -0.39 is 22.5 Å². The number of methoxy groups -OCH3 is 1. The van der Waals surface area contributed by atoms with E-state index in [9.17, 15) is 13.2 Å². The highest BCUT2D eigenvalue weighted by Crippen LogP contribution is 2.26. The Morgan fingerprint density at radius 1 is 1.33 bits per heavy atom. The molecule has 0 aliphatic heterocycles. The number of hydrogen-bond donors (Lipinski definition) is 2. The molecule has 0 saturated heterocycles. The Bertz CT molecular complexity index is 813. The standard InChI is InChI=1S/C15H16ClN3O4S/c1-23-13-5-4-12(16)7-14(13)24(21,22)19-10-15(20)18-9-11-3-2-6-17-8-11/h2-8,19H,9-10H2,1H3,(H,18,20). The molecule has 2 N–H and O–H groups in total. The number of nitrogens with zero attached hydrogens (tertiary/aromatic N) is 1. The van der Waals surface area contributed by atoms with Crippen LogP contribution in [0.4, 0.5) is 0 Å². The molecule has 2 rings (SSSR count). The number of pyridine rings is 1. The van der Waals surface area contributed by atoms with Crippen LogP contribution in [0.15, 0.2) is 47.6 Å². The molecule has 2 aromatic rings. The highest BCUT2D eigenvalue weighted by Gasteiger charge is 2.20. The second-order valence-electron chi connectivity index (χ2n) is 4.76. The first kappa shape index (κ1) is 18.2. The van der Waals surface area contributed by atoms with Gasteiger partial charge in [-0.1, -0.05) is 17.7 Å². The summed E-state index contributed by atoms with van der Waals surface area (Å²) in [5.74, 6) is -0.328. The summed E-state index contributed by atoms with van der Waals surface area (Å²) in [5.41, 5.74) is 0.810. The van der Waals surface area contributed by atoms with Crippen molar-refractivity contribution in [2.75, 3.05) is 13.7 Å². The van der Waals surface area contributed by atoms with Crippen LogP contribution in [0.25, 0.3) is 0 Å². The van der Waals surface area contributed by atoms with Crippen molar-refractivity contribution < 1.29 is 17.9 Å². The lowest BCUT2D eigenvalue weighted by Gasteiger charge is -2.11. The summed E-state index contributed by atoms with van der Waals surface area (Å²) < 4.78 is 31.8. The Morgan fingerprint density at radius 2 is 2.12 bits per heavy atom. The normalized spacial score (nSPS) is 11.1. The average molecular weight is 370 g/mol. The Kier molecular flexibility index (Phi) is 6.13. The van der Waals surface area contributed by atoms with Crippen LogP contribution in [0, 0.1) is 0 Å². The fourth-order valence-corrected chi connectivity index (χ4v) is 3.28. The number of amides is 1. The minimum absolute atomic E-state index is 0.127. The highest BCUT2D eigenvalue weighted by molar-refractivity contribution is 7.89. The van der Waals surface area contributed by atoms with Gasteiger partial charge in [0.1, 0.15) is 10.6 Å². The number of carbonyl (C=O) groups is 1. The molecule has 1 aromatic heterocycles. The van der Waals surface area contributed by atoms with Gasteiger partial charge in [-0.05, 0) is 29.8 Å². The number of benzene rings is 1. The molecule has 0 bridgehead atoms. The summed E-state index contributed by atoms with van der Waals surface area (Å²) in [6.45, 7) is -0.146. The van der Waals surface area contributed by atoms with Crippen molar-refractivity contribution in [1.29, 1.82) is 0 Å². The number of rotatable bonds is 7. The predicted octanol–water partition coefficient (Wildman–Crippen LogP) is 1.34. The van der Waals surface area contributed by atoms with Gasteiger partial charge in [0, 0.05) is 24.0 Å². The Labute approximate surface area is 145 Å². The lowest BCUT2D eigenvalue weighted by atomic mass is 10.3. The monoisotopic (exact) mass is 369 g/mol. The van der Waals surface area contributed by atoms with Crippen molar-refractivity contribution >= 4 is 27.5 Å². The zero-order chi connectivity index (χ0) is 17.6. The van der Waals surface area contributed by atoms with Crippen LogP contribution in [0.1, 0.15) is 5.56 Å². The molecule has 0 spiro atoms. The molecule has 0 radical (unpaired) electrons. The summed E-state index contributed by atoms with van der Waals surface area (Å²) in [5, 5.41) is 2.85. The first-order valence-electron chi connectivity index (χ1n) is 6.91. The highest BCUT2D eigenvalue weighted by atomic mass is 35.5. The molecule has 1 aromatic carbocycles. The molecular weight excluding hydrogens is 354 g/mol. The lowest BCUT2D eigenvalue weighted by molar-refractivity contribution is -0.120. The van der Waals surface area contributed by atoms with E-state index in [0.717, 1.165) is 5.56 Å². The number of ether oxygens (including phenoxy) is 1. The molecule has 9 heteroatoms. The topological polar surface area (TPSA) is 97.4 Å². The predicted molar refractivity (Wildman–Crippen MR) is 89.3 cm³/mol. The molecular formula is C15H16ClN3O4S. The summed E-state index contributed by atoms with van der Waals surface area (Å²) >= 11 is 5.83. The van der Waals surface area contributed by atoms with E-state index in [1.807, 2.05) is 0 Å². The number of aromatic nitrogens is 1. The molecule has 0 atom stereocenters. The smallest absolute Gasteiger partial charge is 0.244 e. The van der Waals surface area contributed by atoms with Crippen LogP contribution >= 0.6 is 11.6 Å². The van der Waals surface area contributed by atoms with Gasteiger partial charge in [0.15, 0.2) is 0 Å². The van der Waals surface area contributed by atoms with Gasteiger partial charge in [0.05, 0.1) is 13.7 Å². The molecule has 0 aliphatic carbocycles. The lowest BCUT2D eigenvalue weighted by Crippen LogP contribution is -2.36. The largest absolute Gasteiger partial charge is 0.495 e. The zero-order valence-corrected chi connectivity index (χ0v) is 14.4. The molecule has 0 unspecified atom stereocenters. The van der Waals surface area contributed by atoms with Gasteiger partial charge < -0.3 is 10.1 Å². The van der Waals surface area contributed by atoms with E-state index in [2.05, 4.69) is 15.0 Å². The van der Waals surface area contributed by atoms with E-state index in [4.69, 9.17) is 16.3 Å². The van der Waals surface area contributed by atoms with Crippen LogP contribution in [-0.2, 0) is 21.4 Å². The number of nitrogens with one attached hydrogen (secondary N) is 2. The third-order valence-corrected chi connectivity index (χ3v) is 4.71. The summed E-state index contributed by atoms with van der Waals surface area (Å²) in [6.07, 6.45) is 3.24. The molecule has 1 amide bonds. The van der Waals surface area contributed by atoms with Gasteiger partial charge >= 0.3 is 0 Å². The minimum atomic E-state index is -3.94. The van der Waals surface area contributed by atoms with E-state index in [0.29, 0.717) is 0 Å². The Balaban J connectivity index is 1.97. The molecule has 0 aliphatic rings. The molecule has 24 heavy (non-hydrogen) atoms. The number of carbonyl (C=O) groups excluding carboxylic acids is 1. The number of halogens is 1. The maximum Gasteiger partial charge on any atom is 0.244 e. The van der Waals surface area contributed by atoms with Gasteiger partial charge in [0.2, 0.25) is 15.9 Å². The maximum absolute atomic E-state index is 12.3. The van der Waals surface area contributed by atoms with Crippen molar-refractivity contribution in [2.45, 2.75) is 11.4 Å². The van der Waals surface area contributed by atoms with Crippen molar-refractivity contribution in [3.8, 4) is 5.75 Å². The average Bonchev–Trinajstić information content (AvgIpc) is 2.59. The van der Waals surface area contributed by atoms with E-state index in [-0.39, 0.29) is 22.2 Å². The van der Waals surface area contributed by atoms with Crippen LogP contribution in [0.2, 0.25) is 5.02 Å². The van der Waals surface area contributed by atoms with Crippen molar-refractivity contribution in [3.63, 3.8) is 0 Å². The molecule has 7 nitrogen and oxygen atoms in total. The van der Waals surface area contributed by atoms with E-state index in [1.165, 1.54) is 25.3 Å². The van der Waals surface area contributed by atoms with Crippen molar-refractivity contribution in [2.24, 2.45) is 0 Å². The first-order valence-corrected chi connectivity index (χ1v) is 8.77. The van der Waals surface area contributed by atoms with Gasteiger partial charge in [-0.15, -0.1) is 0 Å². The molecule has 128 valence electrons. The van der Waals surface area contributed by atoms with E-state index in [1.54, 1.807) is 24.5 Å². The molecule has 1 heterocycles. The molecule has 0 saturated carbocycles. The van der Waals surface area contributed by atoms with Crippen LogP contribution < -0.4 is 14.8 Å². The number of sulfonamides is 1. The Morgan fingerprint density at radius 3 is 2.79 bits per heavy atom. The quantitative estimate of drug-likeness (QED) is 0.767. The SMILES string of the molecule is COc1ccc(Cl)cc1S(=O)(=O)NCC(=O)NCc1cccnc1. The van der Waals surface area contributed by atoms with Gasteiger partial charge in [-0.25, -0.2) is 13.1 Å². The third-order valence-electron chi connectivity index (χ3n) is 3.05. The maximum atomic E-state index is 12.3. The fourth-order valence-electron chi connectivity index (χ4n) is 1.86. The Hall–Kier alpha value is -2.16. The summed E-state index contributed by atoms with van der Waals surface area (Å²) in [4.78, 5) is 15.6. The minimum Gasteiger partial charge on any atom is -0.495 e. The van der Waals surface area contributed by atoms with E-state index >= 15 is 0 Å². The van der Waals surface area contributed by atoms with Gasteiger partial charge in [0.25, 0.3) is 0 Å². The summed E-state index contributed by atoms with van der Waals surface area (Å²) in [6, 6.07) is 7.76. The van der Waals surface area contributed by atoms with Gasteiger partial charge in [-0.2, -0.15) is 0 Å². The van der Waals surface area contributed by atoms with Crippen LogP contribution in [0.3, 0.4) is 0 Å². The second kappa shape index (κ2) is 8.09. The third kappa shape index (κ3) is 4.92. The number of hydrogen-bond acceptors (Lipinski definition) is 5. The summed E-state index contributed by atoms with van der Waals surface area (Å²) in [7, 11) is -2.59. The van der Waals surface area contributed by atoms with Crippen LogP contribution in [0.5, 0.6) is 5.75 Å². The fraction of sp³-hybridized carbons (Fsp3) is 0.200.